The average Bonchev–Trinajstić information content (AvgIpc) is 3.15. The van der Waals surface area contributed by atoms with Crippen LogP contribution < -0.4 is 5.32 Å². The van der Waals surface area contributed by atoms with Crippen molar-refractivity contribution in [3.05, 3.63) is 11.6 Å². The van der Waals surface area contributed by atoms with Gasteiger partial charge in [-0.05, 0) is 51.4 Å². The number of allylic oxidation sites excluding steroid dienone is 1. The fourth-order valence-corrected chi connectivity index (χ4v) is 2.17. The molecule has 0 radical (unpaired) electrons. The van der Waals surface area contributed by atoms with Crippen molar-refractivity contribution in [3.8, 4) is 0 Å². The predicted octanol–water partition coefficient (Wildman–Crippen LogP) is 1.80. The molecule has 0 spiro atoms. The number of hydrogen-bond acceptors (Lipinski definition) is 3. The van der Waals surface area contributed by atoms with Crippen LogP contribution in [0.15, 0.2) is 11.6 Å². The first-order valence-corrected chi connectivity index (χ1v) is 6.67. The summed E-state index contributed by atoms with van der Waals surface area (Å²) >= 11 is 0. The van der Waals surface area contributed by atoms with Gasteiger partial charge >= 0.3 is 5.97 Å². The summed E-state index contributed by atoms with van der Waals surface area (Å²) in [5, 5.41) is 3.01. The van der Waals surface area contributed by atoms with Crippen molar-refractivity contribution in [3.63, 3.8) is 0 Å². The van der Waals surface area contributed by atoms with Crippen molar-refractivity contribution in [1.82, 2.24) is 5.32 Å². The van der Waals surface area contributed by atoms with E-state index >= 15 is 0 Å². The van der Waals surface area contributed by atoms with Gasteiger partial charge in [0.1, 0.15) is 0 Å². The van der Waals surface area contributed by atoms with Crippen LogP contribution in [0, 0.1) is 11.8 Å². The van der Waals surface area contributed by atoms with E-state index in [0.717, 1.165) is 5.57 Å². The summed E-state index contributed by atoms with van der Waals surface area (Å²) in [6.07, 6.45) is 6.28. The number of carbonyl (C=O) groups is 2. The number of hydrogen-bond donors (Lipinski definition) is 1. The first-order valence-electron chi connectivity index (χ1n) is 6.67. The zero-order valence-electron chi connectivity index (χ0n) is 11.1. The molecule has 2 aliphatic carbocycles. The molecular formula is C14H21NO3. The molecule has 2 aliphatic rings. The summed E-state index contributed by atoms with van der Waals surface area (Å²) in [5.74, 6) is 0.707. The van der Waals surface area contributed by atoms with Crippen molar-refractivity contribution in [2.75, 3.05) is 6.61 Å². The van der Waals surface area contributed by atoms with Crippen LogP contribution in [-0.2, 0) is 14.3 Å². The lowest BCUT2D eigenvalue weighted by Gasteiger charge is -2.17. The zero-order valence-corrected chi connectivity index (χ0v) is 11.1. The highest BCUT2D eigenvalue weighted by molar-refractivity contribution is 5.86. The molecular weight excluding hydrogens is 230 g/mol. The second-order valence-electron chi connectivity index (χ2n) is 5.60. The standard InChI is InChI=1S/C14H21NO3/c1-9(2)7-13(17)18-8-12(16)15-14(10-3-4-10)11-5-6-11/h7,10-11,14H,3-6,8H2,1-2H3,(H,15,16). The van der Waals surface area contributed by atoms with E-state index in [1.165, 1.54) is 31.8 Å². The Morgan fingerprint density at radius 1 is 1.22 bits per heavy atom. The molecule has 0 aromatic heterocycles. The van der Waals surface area contributed by atoms with E-state index in [1.807, 2.05) is 13.8 Å². The lowest BCUT2D eigenvalue weighted by Crippen LogP contribution is -2.40. The van der Waals surface area contributed by atoms with E-state index in [0.29, 0.717) is 17.9 Å². The van der Waals surface area contributed by atoms with Gasteiger partial charge in [-0.3, -0.25) is 4.79 Å². The smallest absolute Gasteiger partial charge is 0.331 e. The second kappa shape index (κ2) is 5.55. The highest BCUT2D eigenvalue weighted by Gasteiger charge is 2.42. The fourth-order valence-electron chi connectivity index (χ4n) is 2.17. The van der Waals surface area contributed by atoms with Crippen LogP contribution in [0.25, 0.3) is 0 Å². The average molecular weight is 251 g/mol. The highest BCUT2D eigenvalue weighted by atomic mass is 16.5. The molecule has 0 unspecified atom stereocenters. The van der Waals surface area contributed by atoms with Crippen LogP contribution in [0.4, 0.5) is 0 Å². The van der Waals surface area contributed by atoms with Gasteiger partial charge in [0.2, 0.25) is 0 Å². The molecule has 4 nitrogen and oxygen atoms in total. The van der Waals surface area contributed by atoms with Gasteiger partial charge in [-0.1, -0.05) is 5.57 Å². The zero-order chi connectivity index (χ0) is 13.1. The predicted molar refractivity (Wildman–Crippen MR) is 67.8 cm³/mol. The first-order chi connectivity index (χ1) is 8.56. The SMILES string of the molecule is CC(C)=CC(=O)OCC(=O)NC(C1CC1)C1CC1. The van der Waals surface area contributed by atoms with E-state index < -0.39 is 5.97 Å². The molecule has 0 heterocycles. The van der Waals surface area contributed by atoms with E-state index in [1.54, 1.807) is 0 Å². The molecule has 2 rings (SSSR count). The topological polar surface area (TPSA) is 55.4 Å². The van der Waals surface area contributed by atoms with Gasteiger partial charge < -0.3 is 10.1 Å². The molecule has 2 saturated carbocycles. The molecule has 0 atom stereocenters. The Hall–Kier alpha value is -1.32. The molecule has 0 aromatic carbocycles. The summed E-state index contributed by atoms with van der Waals surface area (Å²) in [5.41, 5.74) is 0.870. The van der Waals surface area contributed by atoms with Gasteiger partial charge in [-0.15, -0.1) is 0 Å². The van der Waals surface area contributed by atoms with Crippen LogP contribution in [-0.4, -0.2) is 24.5 Å². The minimum absolute atomic E-state index is 0.168. The van der Waals surface area contributed by atoms with Crippen molar-refractivity contribution in [2.24, 2.45) is 11.8 Å². The van der Waals surface area contributed by atoms with E-state index in [2.05, 4.69) is 5.32 Å². The first kappa shape index (κ1) is 13.1. The molecule has 4 heteroatoms. The number of rotatable bonds is 6. The lowest BCUT2D eigenvalue weighted by atomic mass is 10.1. The molecule has 0 aliphatic heterocycles. The Morgan fingerprint density at radius 3 is 2.22 bits per heavy atom. The second-order valence-corrected chi connectivity index (χ2v) is 5.60. The van der Waals surface area contributed by atoms with Crippen LogP contribution in [0.1, 0.15) is 39.5 Å². The molecule has 1 amide bonds. The van der Waals surface area contributed by atoms with Gasteiger partial charge in [0.25, 0.3) is 5.91 Å². The Labute approximate surface area is 108 Å². The summed E-state index contributed by atoms with van der Waals surface area (Å²) in [7, 11) is 0. The summed E-state index contributed by atoms with van der Waals surface area (Å²) in [6.45, 7) is 3.47. The number of nitrogens with one attached hydrogen (secondary N) is 1. The summed E-state index contributed by atoms with van der Waals surface area (Å²) in [4.78, 5) is 23.0. The van der Waals surface area contributed by atoms with Crippen molar-refractivity contribution < 1.29 is 14.3 Å². The normalized spacial score (nSPS) is 18.4. The van der Waals surface area contributed by atoms with Crippen LogP contribution >= 0.6 is 0 Å². The molecule has 18 heavy (non-hydrogen) atoms. The monoisotopic (exact) mass is 251 g/mol. The third-order valence-corrected chi connectivity index (χ3v) is 3.34. The minimum Gasteiger partial charge on any atom is -0.452 e. The summed E-state index contributed by atoms with van der Waals surface area (Å²) in [6, 6.07) is 0.319. The maximum absolute atomic E-state index is 11.7. The highest BCUT2D eigenvalue weighted by Crippen LogP contribution is 2.44. The quantitative estimate of drug-likeness (QED) is 0.578. The van der Waals surface area contributed by atoms with E-state index in [9.17, 15) is 9.59 Å². The van der Waals surface area contributed by atoms with Crippen molar-refractivity contribution in [2.45, 2.75) is 45.6 Å². The maximum atomic E-state index is 11.7. The number of ether oxygens (including phenoxy) is 1. The van der Waals surface area contributed by atoms with Crippen molar-refractivity contribution >= 4 is 11.9 Å². The minimum atomic E-state index is -0.445. The van der Waals surface area contributed by atoms with Gasteiger partial charge in [0, 0.05) is 12.1 Å². The fraction of sp³-hybridized carbons (Fsp3) is 0.714. The van der Waals surface area contributed by atoms with Crippen LogP contribution in [0.2, 0.25) is 0 Å². The molecule has 0 saturated heterocycles. The number of amides is 1. The van der Waals surface area contributed by atoms with Crippen molar-refractivity contribution in [1.29, 1.82) is 0 Å². The maximum Gasteiger partial charge on any atom is 0.331 e. The van der Waals surface area contributed by atoms with Gasteiger partial charge in [0.15, 0.2) is 6.61 Å². The Bertz CT molecular complexity index is 351. The molecule has 0 aromatic rings. The Balaban J connectivity index is 1.71. The van der Waals surface area contributed by atoms with E-state index in [-0.39, 0.29) is 12.5 Å². The third kappa shape index (κ3) is 4.17. The lowest BCUT2D eigenvalue weighted by molar-refractivity contribution is -0.144. The molecule has 0 bridgehead atoms. The van der Waals surface area contributed by atoms with Gasteiger partial charge in [-0.2, -0.15) is 0 Å². The molecule has 1 N–H and O–H groups in total. The van der Waals surface area contributed by atoms with Gasteiger partial charge in [0.05, 0.1) is 0 Å². The molecule has 100 valence electrons. The Kier molecular flexibility index (Phi) is 4.04. The van der Waals surface area contributed by atoms with Crippen LogP contribution in [0.3, 0.4) is 0 Å². The Morgan fingerprint density at radius 2 is 1.78 bits per heavy atom. The van der Waals surface area contributed by atoms with Gasteiger partial charge in [-0.25, -0.2) is 4.79 Å². The summed E-state index contributed by atoms with van der Waals surface area (Å²) < 4.78 is 4.89. The van der Waals surface area contributed by atoms with E-state index in [4.69, 9.17) is 4.74 Å². The number of esters is 1. The van der Waals surface area contributed by atoms with Crippen LogP contribution in [0.5, 0.6) is 0 Å². The third-order valence-electron chi connectivity index (χ3n) is 3.34. The molecule has 2 fully saturated rings. The number of carbonyl (C=O) groups excluding carboxylic acids is 2. The largest absolute Gasteiger partial charge is 0.452 e.